The van der Waals surface area contributed by atoms with E-state index in [4.69, 9.17) is 9.72 Å². The highest BCUT2D eigenvalue weighted by Gasteiger charge is 2.28. The van der Waals surface area contributed by atoms with Gasteiger partial charge in [0.2, 0.25) is 5.91 Å². The lowest BCUT2D eigenvalue weighted by Crippen LogP contribution is -2.39. The molecule has 0 saturated carbocycles. The number of amides is 1. The molecule has 2 heterocycles. The minimum Gasteiger partial charge on any atom is -0.497 e. The van der Waals surface area contributed by atoms with Crippen LogP contribution in [0.1, 0.15) is 36.1 Å². The highest BCUT2D eigenvalue weighted by atomic mass is 16.5. The SMILES string of the molecule is CCC(C(=O)N1CCc2nc(-c3ccc(OC)cc3)ncc2C1)c1ccccc1. The summed E-state index contributed by atoms with van der Waals surface area (Å²) in [5.74, 6) is 1.60. The second-order valence-corrected chi connectivity index (χ2v) is 7.28. The molecule has 3 aromatic rings. The zero-order chi connectivity index (χ0) is 20.2. The fourth-order valence-electron chi connectivity index (χ4n) is 3.84. The minimum absolute atomic E-state index is 0.0998. The van der Waals surface area contributed by atoms with Crippen molar-refractivity contribution >= 4 is 5.91 Å². The average molecular weight is 387 g/mol. The Kier molecular flexibility index (Phi) is 5.56. The van der Waals surface area contributed by atoms with Gasteiger partial charge in [-0.15, -0.1) is 0 Å². The van der Waals surface area contributed by atoms with Crippen LogP contribution in [0.25, 0.3) is 11.4 Å². The molecule has 0 saturated heterocycles. The van der Waals surface area contributed by atoms with Crippen LogP contribution in [0.4, 0.5) is 0 Å². The fourth-order valence-corrected chi connectivity index (χ4v) is 3.84. The van der Waals surface area contributed by atoms with Gasteiger partial charge in [-0.1, -0.05) is 37.3 Å². The number of carbonyl (C=O) groups is 1. The minimum atomic E-state index is -0.0998. The predicted octanol–water partition coefficient (Wildman–Crippen LogP) is 4.23. The molecule has 1 aliphatic heterocycles. The van der Waals surface area contributed by atoms with Crippen molar-refractivity contribution in [2.75, 3.05) is 13.7 Å². The molecule has 1 unspecified atom stereocenters. The Bertz CT molecular complexity index is 987. The Balaban J connectivity index is 1.52. The van der Waals surface area contributed by atoms with Crippen molar-refractivity contribution in [2.24, 2.45) is 0 Å². The number of ether oxygens (including phenoxy) is 1. The Morgan fingerprint density at radius 3 is 2.59 bits per heavy atom. The molecule has 1 amide bonds. The zero-order valence-corrected chi connectivity index (χ0v) is 16.8. The summed E-state index contributed by atoms with van der Waals surface area (Å²) in [4.78, 5) is 24.4. The Morgan fingerprint density at radius 2 is 1.90 bits per heavy atom. The van der Waals surface area contributed by atoms with Crippen molar-refractivity contribution in [3.63, 3.8) is 0 Å². The van der Waals surface area contributed by atoms with E-state index in [1.807, 2.05) is 65.7 Å². The highest BCUT2D eigenvalue weighted by Crippen LogP contribution is 2.27. The van der Waals surface area contributed by atoms with E-state index in [0.29, 0.717) is 18.9 Å². The monoisotopic (exact) mass is 387 g/mol. The van der Waals surface area contributed by atoms with Crippen LogP contribution in [0, 0.1) is 0 Å². The van der Waals surface area contributed by atoms with E-state index in [-0.39, 0.29) is 11.8 Å². The molecule has 0 spiro atoms. The summed E-state index contributed by atoms with van der Waals surface area (Å²) in [7, 11) is 1.65. The molecular weight excluding hydrogens is 362 g/mol. The van der Waals surface area contributed by atoms with Crippen LogP contribution in [0.15, 0.2) is 60.8 Å². The molecule has 0 aliphatic carbocycles. The predicted molar refractivity (Wildman–Crippen MR) is 113 cm³/mol. The Hall–Kier alpha value is -3.21. The Labute approximate surface area is 171 Å². The summed E-state index contributed by atoms with van der Waals surface area (Å²) < 4.78 is 5.21. The third-order valence-electron chi connectivity index (χ3n) is 5.50. The maximum absolute atomic E-state index is 13.2. The number of aromatic nitrogens is 2. The third-order valence-corrected chi connectivity index (χ3v) is 5.50. The first kappa shape index (κ1) is 19.1. The van der Waals surface area contributed by atoms with Crippen LogP contribution in [0.3, 0.4) is 0 Å². The lowest BCUT2D eigenvalue weighted by molar-refractivity contribution is -0.133. The van der Waals surface area contributed by atoms with Gasteiger partial charge in [-0.2, -0.15) is 0 Å². The summed E-state index contributed by atoms with van der Waals surface area (Å²) in [6, 6.07) is 17.8. The number of hydrogen-bond donors (Lipinski definition) is 0. The topological polar surface area (TPSA) is 55.3 Å². The number of fused-ring (bicyclic) bond motifs is 1. The van der Waals surface area contributed by atoms with Gasteiger partial charge < -0.3 is 9.64 Å². The second kappa shape index (κ2) is 8.43. The number of hydrogen-bond acceptors (Lipinski definition) is 4. The lowest BCUT2D eigenvalue weighted by atomic mass is 9.94. The van der Waals surface area contributed by atoms with Gasteiger partial charge in [0.05, 0.1) is 18.7 Å². The smallest absolute Gasteiger partial charge is 0.230 e. The molecule has 0 bridgehead atoms. The van der Waals surface area contributed by atoms with E-state index in [9.17, 15) is 4.79 Å². The van der Waals surface area contributed by atoms with Crippen LogP contribution in [0.2, 0.25) is 0 Å². The van der Waals surface area contributed by atoms with Gasteiger partial charge in [-0.25, -0.2) is 9.97 Å². The number of methoxy groups -OCH3 is 1. The molecule has 1 aromatic heterocycles. The summed E-state index contributed by atoms with van der Waals surface area (Å²) >= 11 is 0. The molecule has 5 heteroatoms. The van der Waals surface area contributed by atoms with Gasteiger partial charge in [0.15, 0.2) is 5.82 Å². The number of nitrogens with zero attached hydrogens (tertiary/aromatic N) is 3. The molecule has 1 aliphatic rings. The quantitative estimate of drug-likeness (QED) is 0.657. The van der Waals surface area contributed by atoms with Gasteiger partial charge in [-0.3, -0.25) is 4.79 Å². The zero-order valence-electron chi connectivity index (χ0n) is 16.8. The maximum atomic E-state index is 13.2. The first-order valence-corrected chi connectivity index (χ1v) is 10.0. The number of benzene rings is 2. The molecule has 5 nitrogen and oxygen atoms in total. The van der Waals surface area contributed by atoms with Crippen LogP contribution < -0.4 is 4.74 Å². The maximum Gasteiger partial charge on any atom is 0.230 e. The van der Waals surface area contributed by atoms with Gasteiger partial charge >= 0.3 is 0 Å². The van der Waals surface area contributed by atoms with E-state index in [1.165, 1.54) is 0 Å². The molecular formula is C24H25N3O2. The summed E-state index contributed by atoms with van der Waals surface area (Å²) in [6.07, 6.45) is 3.40. The standard InChI is InChI=1S/C24H25N3O2/c1-3-21(17-7-5-4-6-8-17)24(28)27-14-13-22-19(16-27)15-25-23(26-22)18-9-11-20(29-2)12-10-18/h4-12,15,21H,3,13-14,16H2,1-2H3. The number of rotatable bonds is 5. The molecule has 0 fully saturated rings. The van der Waals surface area contributed by atoms with Crippen LogP contribution >= 0.6 is 0 Å². The molecule has 0 N–H and O–H groups in total. The summed E-state index contributed by atoms with van der Waals surface area (Å²) in [5.41, 5.74) is 4.10. The van der Waals surface area contributed by atoms with E-state index < -0.39 is 0 Å². The molecule has 0 radical (unpaired) electrons. The van der Waals surface area contributed by atoms with E-state index >= 15 is 0 Å². The first-order chi connectivity index (χ1) is 14.2. The molecule has 2 aromatic carbocycles. The number of carbonyl (C=O) groups excluding carboxylic acids is 1. The van der Waals surface area contributed by atoms with Crippen molar-refractivity contribution in [2.45, 2.75) is 32.2 Å². The molecule has 148 valence electrons. The normalized spacial score (nSPS) is 14.2. The van der Waals surface area contributed by atoms with Gasteiger partial charge in [-0.05, 0) is 36.2 Å². The van der Waals surface area contributed by atoms with Gasteiger partial charge in [0.25, 0.3) is 0 Å². The van der Waals surface area contributed by atoms with E-state index in [0.717, 1.165) is 41.0 Å². The largest absolute Gasteiger partial charge is 0.497 e. The third kappa shape index (κ3) is 3.99. The van der Waals surface area contributed by atoms with Crippen LogP contribution in [-0.4, -0.2) is 34.4 Å². The lowest BCUT2D eigenvalue weighted by Gasteiger charge is -2.31. The fraction of sp³-hybridized carbons (Fsp3) is 0.292. The van der Waals surface area contributed by atoms with E-state index in [2.05, 4.69) is 11.9 Å². The molecule has 4 rings (SSSR count). The van der Waals surface area contributed by atoms with Crippen LogP contribution in [0.5, 0.6) is 5.75 Å². The summed E-state index contributed by atoms with van der Waals surface area (Å²) in [5, 5.41) is 0. The van der Waals surface area contributed by atoms with Gasteiger partial charge in [0.1, 0.15) is 5.75 Å². The summed E-state index contributed by atoms with van der Waals surface area (Å²) in [6.45, 7) is 3.33. The van der Waals surface area contributed by atoms with Crippen molar-refractivity contribution < 1.29 is 9.53 Å². The molecule has 29 heavy (non-hydrogen) atoms. The first-order valence-electron chi connectivity index (χ1n) is 10.0. The van der Waals surface area contributed by atoms with Crippen molar-refractivity contribution in [1.29, 1.82) is 0 Å². The van der Waals surface area contributed by atoms with Crippen molar-refractivity contribution in [3.05, 3.63) is 77.6 Å². The van der Waals surface area contributed by atoms with Gasteiger partial charge in [0, 0.05) is 36.8 Å². The molecule has 1 atom stereocenters. The van der Waals surface area contributed by atoms with E-state index in [1.54, 1.807) is 7.11 Å². The average Bonchev–Trinajstić information content (AvgIpc) is 2.79. The highest BCUT2D eigenvalue weighted by molar-refractivity contribution is 5.84. The van der Waals surface area contributed by atoms with Crippen LogP contribution in [-0.2, 0) is 17.8 Å². The Morgan fingerprint density at radius 1 is 1.14 bits per heavy atom. The second-order valence-electron chi connectivity index (χ2n) is 7.28. The van der Waals surface area contributed by atoms with Crippen molar-refractivity contribution in [3.8, 4) is 17.1 Å². The van der Waals surface area contributed by atoms with Crippen molar-refractivity contribution in [1.82, 2.24) is 14.9 Å².